The summed E-state index contributed by atoms with van der Waals surface area (Å²) in [5, 5.41) is 4.83. The second-order valence-electron chi connectivity index (χ2n) is 7.93. The number of esters is 1. The molecule has 0 spiro atoms. The fourth-order valence-electron chi connectivity index (χ4n) is 4.06. The number of aromatic nitrogens is 2. The van der Waals surface area contributed by atoms with E-state index in [0.717, 1.165) is 11.1 Å². The molecule has 1 aliphatic heterocycles. The van der Waals surface area contributed by atoms with Crippen molar-refractivity contribution in [2.75, 3.05) is 32.8 Å². The van der Waals surface area contributed by atoms with Gasteiger partial charge in [0, 0.05) is 49.2 Å². The summed E-state index contributed by atoms with van der Waals surface area (Å²) < 4.78 is 7.18. The summed E-state index contributed by atoms with van der Waals surface area (Å²) in [5.74, 6) is -0.285. The Balaban J connectivity index is 1.39. The molecule has 1 saturated heterocycles. The van der Waals surface area contributed by atoms with Crippen molar-refractivity contribution >= 4 is 23.5 Å². The first kappa shape index (κ1) is 23.0. The standard InChI is InChI=1S/C25H27ClN4O3/c1-2-33-25(32)23(20-8-10-22(26)11-9-20)28-14-16-29(17-15-28)24(31)21-6-4-19(5-7-21)18-30-13-3-12-27-30/h3-13,23H,2,14-18H2,1H3. The molecular weight excluding hydrogens is 440 g/mol. The summed E-state index contributed by atoms with van der Waals surface area (Å²) in [4.78, 5) is 29.7. The molecule has 0 bridgehead atoms. The maximum Gasteiger partial charge on any atom is 0.328 e. The van der Waals surface area contributed by atoms with E-state index >= 15 is 0 Å². The van der Waals surface area contributed by atoms with Gasteiger partial charge in [-0.1, -0.05) is 35.9 Å². The van der Waals surface area contributed by atoms with E-state index in [1.807, 2.05) is 58.2 Å². The van der Waals surface area contributed by atoms with Crippen LogP contribution in [0.15, 0.2) is 67.0 Å². The first-order chi connectivity index (χ1) is 16.0. The molecule has 1 aliphatic rings. The average Bonchev–Trinajstić information content (AvgIpc) is 3.34. The van der Waals surface area contributed by atoms with Crippen molar-refractivity contribution in [3.8, 4) is 0 Å². The van der Waals surface area contributed by atoms with Gasteiger partial charge in [-0.3, -0.25) is 14.4 Å². The Labute approximate surface area is 198 Å². The highest BCUT2D eigenvalue weighted by atomic mass is 35.5. The lowest BCUT2D eigenvalue weighted by atomic mass is 10.0. The predicted octanol–water partition coefficient (Wildman–Crippen LogP) is 3.65. The number of ether oxygens (including phenoxy) is 1. The third-order valence-corrected chi connectivity index (χ3v) is 6.02. The van der Waals surface area contributed by atoms with Gasteiger partial charge in [-0.25, -0.2) is 4.79 Å². The molecule has 3 aromatic rings. The highest BCUT2D eigenvalue weighted by Crippen LogP contribution is 2.26. The van der Waals surface area contributed by atoms with E-state index in [1.165, 1.54) is 0 Å². The Hall–Kier alpha value is -3.16. The highest BCUT2D eigenvalue weighted by Gasteiger charge is 2.32. The van der Waals surface area contributed by atoms with Crippen molar-refractivity contribution in [1.29, 1.82) is 0 Å². The summed E-state index contributed by atoms with van der Waals surface area (Å²) in [6.45, 7) is 5.02. The van der Waals surface area contributed by atoms with Crippen molar-refractivity contribution in [3.05, 3.63) is 88.7 Å². The Morgan fingerprint density at radius 2 is 1.73 bits per heavy atom. The van der Waals surface area contributed by atoms with E-state index in [9.17, 15) is 9.59 Å². The number of piperazine rings is 1. The number of carbonyl (C=O) groups is 2. The first-order valence-electron chi connectivity index (χ1n) is 11.1. The number of carbonyl (C=O) groups excluding carboxylic acids is 2. The van der Waals surface area contributed by atoms with Crippen molar-refractivity contribution in [2.45, 2.75) is 19.5 Å². The van der Waals surface area contributed by atoms with Crippen LogP contribution in [0, 0.1) is 0 Å². The molecule has 1 amide bonds. The van der Waals surface area contributed by atoms with E-state index < -0.39 is 6.04 Å². The zero-order valence-corrected chi connectivity index (χ0v) is 19.3. The van der Waals surface area contributed by atoms with Gasteiger partial charge in [-0.15, -0.1) is 0 Å². The quantitative estimate of drug-likeness (QED) is 0.497. The first-order valence-corrected chi connectivity index (χ1v) is 11.4. The molecule has 172 valence electrons. The van der Waals surface area contributed by atoms with Crippen LogP contribution in [0.1, 0.15) is 34.5 Å². The largest absolute Gasteiger partial charge is 0.465 e. The lowest BCUT2D eigenvalue weighted by Crippen LogP contribution is -2.51. The van der Waals surface area contributed by atoms with Gasteiger partial charge in [-0.05, 0) is 48.4 Å². The number of hydrogen-bond donors (Lipinski definition) is 0. The van der Waals surface area contributed by atoms with Crippen molar-refractivity contribution in [1.82, 2.24) is 19.6 Å². The van der Waals surface area contributed by atoms with Gasteiger partial charge < -0.3 is 9.64 Å². The van der Waals surface area contributed by atoms with Crippen LogP contribution in [-0.4, -0.2) is 64.2 Å². The summed E-state index contributed by atoms with van der Waals surface area (Å²) in [5.41, 5.74) is 2.58. The zero-order chi connectivity index (χ0) is 23.2. The van der Waals surface area contributed by atoms with Crippen molar-refractivity contribution in [2.24, 2.45) is 0 Å². The number of nitrogens with zero attached hydrogens (tertiary/aromatic N) is 4. The van der Waals surface area contributed by atoms with Crippen LogP contribution >= 0.6 is 11.6 Å². The molecule has 33 heavy (non-hydrogen) atoms. The monoisotopic (exact) mass is 466 g/mol. The van der Waals surface area contributed by atoms with E-state index in [1.54, 1.807) is 25.3 Å². The minimum absolute atomic E-state index is 0.000494. The Kier molecular flexibility index (Phi) is 7.42. The number of hydrogen-bond acceptors (Lipinski definition) is 5. The van der Waals surface area contributed by atoms with Crippen LogP contribution in [-0.2, 0) is 16.1 Å². The second-order valence-corrected chi connectivity index (χ2v) is 8.37. The molecule has 1 aromatic heterocycles. The van der Waals surface area contributed by atoms with Gasteiger partial charge in [0.2, 0.25) is 0 Å². The summed E-state index contributed by atoms with van der Waals surface area (Å²) >= 11 is 6.02. The topological polar surface area (TPSA) is 67.7 Å². The van der Waals surface area contributed by atoms with Crippen LogP contribution in [0.2, 0.25) is 5.02 Å². The Morgan fingerprint density at radius 1 is 1.03 bits per heavy atom. The van der Waals surface area contributed by atoms with E-state index in [4.69, 9.17) is 16.3 Å². The molecule has 0 aliphatic carbocycles. The lowest BCUT2D eigenvalue weighted by molar-refractivity contribution is -0.150. The van der Waals surface area contributed by atoms with Gasteiger partial charge in [0.25, 0.3) is 5.91 Å². The number of rotatable bonds is 7. The average molecular weight is 467 g/mol. The molecule has 7 nitrogen and oxygen atoms in total. The van der Waals surface area contributed by atoms with Gasteiger partial charge in [-0.2, -0.15) is 5.10 Å². The van der Waals surface area contributed by atoms with Gasteiger partial charge in [0.15, 0.2) is 0 Å². The van der Waals surface area contributed by atoms with E-state index in [-0.39, 0.29) is 11.9 Å². The molecule has 0 radical (unpaired) electrons. The molecule has 1 atom stereocenters. The lowest BCUT2D eigenvalue weighted by Gasteiger charge is -2.38. The minimum atomic E-state index is -0.513. The molecule has 1 fully saturated rings. The normalized spacial score (nSPS) is 15.3. The number of benzene rings is 2. The summed E-state index contributed by atoms with van der Waals surface area (Å²) in [6.07, 6.45) is 3.66. The summed E-state index contributed by atoms with van der Waals surface area (Å²) in [7, 11) is 0. The van der Waals surface area contributed by atoms with Crippen LogP contribution in [0.25, 0.3) is 0 Å². The smallest absolute Gasteiger partial charge is 0.328 e. The molecule has 2 aromatic carbocycles. The maximum absolute atomic E-state index is 13.0. The molecule has 8 heteroatoms. The fraction of sp³-hybridized carbons (Fsp3) is 0.320. The third-order valence-electron chi connectivity index (χ3n) is 5.77. The van der Waals surface area contributed by atoms with Crippen LogP contribution in [0.5, 0.6) is 0 Å². The number of halogens is 1. The SMILES string of the molecule is CCOC(=O)C(c1ccc(Cl)cc1)N1CCN(C(=O)c2ccc(Cn3cccn3)cc2)CC1. The molecule has 0 N–H and O–H groups in total. The maximum atomic E-state index is 13.0. The zero-order valence-electron chi connectivity index (χ0n) is 18.6. The predicted molar refractivity (Wildman–Crippen MR) is 126 cm³/mol. The molecule has 2 heterocycles. The fourth-order valence-corrected chi connectivity index (χ4v) is 4.19. The summed E-state index contributed by atoms with van der Waals surface area (Å²) in [6, 6.07) is 16.3. The van der Waals surface area contributed by atoms with Gasteiger partial charge in [0.1, 0.15) is 6.04 Å². The Bertz CT molecular complexity index is 1060. The van der Waals surface area contributed by atoms with Crippen LogP contribution in [0.4, 0.5) is 0 Å². The van der Waals surface area contributed by atoms with Gasteiger partial charge in [0.05, 0.1) is 13.2 Å². The van der Waals surface area contributed by atoms with E-state index in [2.05, 4.69) is 10.00 Å². The second kappa shape index (κ2) is 10.6. The van der Waals surface area contributed by atoms with Crippen molar-refractivity contribution in [3.63, 3.8) is 0 Å². The van der Waals surface area contributed by atoms with Crippen LogP contribution in [0.3, 0.4) is 0 Å². The Morgan fingerprint density at radius 3 is 2.33 bits per heavy atom. The molecular formula is C25H27ClN4O3. The molecule has 1 unspecified atom stereocenters. The van der Waals surface area contributed by atoms with Crippen molar-refractivity contribution < 1.29 is 14.3 Å². The van der Waals surface area contributed by atoms with Crippen LogP contribution < -0.4 is 0 Å². The van der Waals surface area contributed by atoms with Gasteiger partial charge >= 0.3 is 5.97 Å². The highest BCUT2D eigenvalue weighted by molar-refractivity contribution is 6.30. The number of amides is 1. The molecule has 4 rings (SSSR count). The van der Waals surface area contributed by atoms with E-state index in [0.29, 0.717) is 49.9 Å². The minimum Gasteiger partial charge on any atom is -0.465 e. The third kappa shape index (κ3) is 5.61. The molecule has 0 saturated carbocycles.